The summed E-state index contributed by atoms with van der Waals surface area (Å²) in [6.07, 6.45) is -10.3. The lowest BCUT2D eigenvalue weighted by Gasteiger charge is -2.28. The van der Waals surface area contributed by atoms with E-state index >= 15 is 0 Å². The summed E-state index contributed by atoms with van der Waals surface area (Å²) in [6.45, 7) is -3.80. The van der Waals surface area contributed by atoms with Crippen molar-refractivity contribution in [2.45, 2.75) is 29.0 Å². The Balaban J connectivity index is 1.86. The van der Waals surface area contributed by atoms with Gasteiger partial charge < -0.3 is 19.7 Å². The monoisotopic (exact) mass is 543 g/mol. The average Bonchev–Trinajstić information content (AvgIpc) is 3.13. The molecule has 2 N–H and O–H groups in total. The van der Waals surface area contributed by atoms with Crippen molar-refractivity contribution >= 4 is 11.0 Å². The highest BCUT2D eigenvalue weighted by atomic mass is 32.2. The number of β-amino-alcohol motifs (C(OH)–C–C–N with tert-alkyl or cyclic N) is 1. The Morgan fingerprint density at radius 3 is 2.44 bits per heavy atom. The van der Waals surface area contributed by atoms with Gasteiger partial charge in [-0.2, -0.15) is 31.6 Å². The lowest BCUT2D eigenvalue weighted by Crippen LogP contribution is -2.48. The molecule has 2 aromatic rings. The van der Waals surface area contributed by atoms with Crippen LogP contribution in [-0.4, -0.2) is 67.9 Å². The second-order valence-corrected chi connectivity index (χ2v) is 9.10. The van der Waals surface area contributed by atoms with Gasteiger partial charge >= 0.3 is 12.4 Å². The second-order valence-electron chi connectivity index (χ2n) is 7.61. The van der Waals surface area contributed by atoms with Crippen molar-refractivity contribution in [3.05, 3.63) is 47.5 Å². The van der Waals surface area contributed by atoms with Crippen LogP contribution in [-0.2, 0) is 17.2 Å². The van der Waals surface area contributed by atoms with Crippen LogP contribution in [0, 0.1) is 17.1 Å². The number of hydrogen-bond donors (Lipinski definition) is 2. The van der Waals surface area contributed by atoms with Gasteiger partial charge in [0.2, 0.25) is 0 Å². The molecule has 1 aromatic heterocycles. The number of nitriles is 1. The van der Waals surface area contributed by atoms with E-state index in [4.69, 9.17) is 10.00 Å². The summed E-state index contributed by atoms with van der Waals surface area (Å²) >= 11 is 0. The molecule has 0 aliphatic carbocycles. The topological polar surface area (TPSA) is 116 Å². The zero-order valence-corrected chi connectivity index (χ0v) is 18.6. The van der Waals surface area contributed by atoms with Crippen LogP contribution in [0.1, 0.15) is 11.3 Å². The van der Waals surface area contributed by atoms with Crippen LogP contribution >= 0.6 is 0 Å². The highest BCUT2D eigenvalue weighted by Crippen LogP contribution is 2.36. The number of rotatable bonds is 7. The normalized spacial score (nSPS) is 21.7. The van der Waals surface area contributed by atoms with Gasteiger partial charge in [-0.3, -0.25) is 4.98 Å². The predicted octanol–water partition coefficient (Wildman–Crippen LogP) is 2.56. The fraction of sp³-hybridized carbons (Fsp3) is 0.400. The zero-order valence-electron chi connectivity index (χ0n) is 17.8. The molecule has 1 aliphatic rings. The zero-order chi connectivity index (χ0) is 26.9. The Morgan fingerprint density at radius 2 is 1.92 bits per heavy atom. The summed E-state index contributed by atoms with van der Waals surface area (Å²) in [5.41, 5.74) is -4.05. The number of aliphatic hydroxyl groups excluding tert-OH is 1. The number of ether oxygens (including phenoxy) is 2. The number of hydrogen-bond acceptors (Lipinski definition) is 7. The molecule has 1 saturated heterocycles. The maximum atomic E-state index is 14.2. The highest BCUT2D eigenvalue weighted by Gasteiger charge is 2.49. The first-order chi connectivity index (χ1) is 16.7. The fourth-order valence-corrected chi connectivity index (χ4v) is 4.43. The molecule has 16 heteroatoms. The Hall–Kier alpha value is -3.00. The minimum atomic E-state index is -4.79. The summed E-state index contributed by atoms with van der Waals surface area (Å²) in [5.74, 6) is -2.50. The van der Waals surface area contributed by atoms with Crippen LogP contribution < -0.4 is 9.47 Å². The molecule has 196 valence electrons. The van der Waals surface area contributed by atoms with Crippen LogP contribution in [0.25, 0.3) is 0 Å². The number of alkyl halides is 6. The lowest BCUT2D eigenvalue weighted by molar-refractivity contribution is -0.153. The molecule has 1 aromatic carbocycles. The minimum Gasteiger partial charge on any atom is -0.482 e. The molecule has 0 amide bonds. The molecule has 2 unspecified atom stereocenters. The first-order valence-corrected chi connectivity index (χ1v) is 10.9. The van der Waals surface area contributed by atoms with E-state index < -0.39 is 89.9 Å². The van der Waals surface area contributed by atoms with Gasteiger partial charge in [0.15, 0.2) is 18.1 Å². The van der Waals surface area contributed by atoms with Crippen molar-refractivity contribution in [2.24, 2.45) is 0 Å². The largest absolute Gasteiger partial charge is 0.482 e. The van der Waals surface area contributed by atoms with Gasteiger partial charge in [-0.05, 0) is 12.1 Å². The fourth-order valence-electron chi connectivity index (χ4n) is 3.19. The number of nitrogens with zero attached hydrogens (tertiary/aromatic N) is 3. The van der Waals surface area contributed by atoms with E-state index in [0.29, 0.717) is 24.4 Å². The van der Waals surface area contributed by atoms with Crippen molar-refractivity contribution in [1.29, 1.82) is 5.26 Å². The van der Waals surface area contributed by atoms with Gasteiger partial charge in [0.25, 0.3) is 0 Å². The van der Waals surface area contributed by atoms with Crippen molar-refractivity contribution in [2.75, 3.05) is 26.3 Å². The van der Waals surface area contributed by atoms with Crippen LogP contribution in [0.3, 0.4) is 0 Å². The number of aliphatic hydroxyl groups is 2. The summed E-state index contributed by atoms with van der Waals surface area (Å²) in [7, 11) is -2.20. The third-order valence-electron chi connectivity index (χ3n) is 4.97. The van der Waals surface area contributed by atoms with Gasteiger partial charge in [0.1, 0.15) is 40.3 Å². The predicted molar refractivity (Wildman–Crippen MR) is 106 cm³/mol. The first-order valence-electron chi connectivity index (χ1n) is 9.80. The molecular formula is C20H16F7N3O5S. The van der Waals surface area contributed by atoms with E-state index in [9.17, 15) is 45.2 Å². The molecule has 8 nitrogen and oxygen atoms in total. The molecule has 1 fully saturated rings. The second kappa shape index (κ2) is 10.2. The first kappa shape index (κ1) is 27.6. The summed E-state index contributed by atoms with van der Waals surface area (Å²) in [4.78, 5) is 3.02. The van der Waals surface area contributed by atoms with E-state index in [2.05, 4.69) is 9.72 Å². The molecular weight excluding hydrogens is 527 g/mol. The van der Waals surface area contributed by atoms with Crippen LogP contribution in [0.5, 0.6) is 11.5 Å². The standard InChI is InChI=1S/C20H16F7N3O5S/c21-13-4-15(14(3-11(13)5-28)34-10-19(22,23)24)35-17-7-30(8-18(17,32)9-31)36(33)12-1-2-16(29-6-12)20(25,26)27/h1-4,6,17,31-32H,7-10H2/t17-,18?,36?/m0/s1. The summed E-state index contributed by atoms with van der Waals surface area (Å²) < 4.78 is 114. The third-order valence-corrected chi connectivity index (χ3v) is 6.36. The van der Waals surface area contributed by atoms with Crippen molar-refractivity contribution in [1.82, 2.24) is 9.29 Å². The molecule has 3 atom stereocenters. The van der Waals surface area contributed by atoms with Crippen LogP contribution in [0.4, 0.5) is 30.7 Å². The molecule has 0 bridgehead atoms. The molecule has 2 heterocycles. The van der Waals surface area contributed by atoms with Gasteiger partial charge in [0.05, 0.1) is 23.6 Å². The maximum Gasteiger partial charge on any atom is 0.433 e. The smallest absolute Gasteiger partial charge is 0.433 e. The third kappa shape index (κ3) is 6.22. The maximum absolute atomic E-state index is 14.2. The van der Waals surface area contributed by atoms with Crippen molar-refractivity contribution < 1.29 is 54.6 Å². The van der Waals surface area contributed by atoms with E-state index in [1.165, 1.54) is 6.07 Å². The van der Waals surface area contributed by atoms with Crippen molar-refractivity contribution in [3.8, 4) is 17.6 Å². The quantitative estimate of drug-likeness (QED) is 0.516. The van der Waals surface area contributed by atoms with E-state index in [-0.39, 0.29) is 4.90 Å². The van der Waals surface area contributed by atoms with E-state index in [0.717, 1.165) is 10.4 Å². The number of benzene rings is 1. The highest BCUT2D eigenvalue weighted by molar-refractivity contribution is 7.82. The van der Waals surface area contributed by atoms with Crippen LogP contribution in [0.2, 0.25) is 0 Å². The molecule has 0 spiro atoms. The lowest BCUT2D eigenvalue weighted by atomic mass is 10.0. The average molecular weight is 543 g/mol. The van der Waals surface area contributed by atoms with Gasteiger partial charge in [0, 0.05) is 24.9 Å². The van der Waals surface area contributed by atoms with E-state index in [1.807, 2.05) is 0 Å². The molecule has 0 saturated carbocycles. The number of pyridine rings is 1. The van der Waals surface area contributed by atoms with Crippen molar-refractivity contribution in [3.63, 3.8) is 0 Å². The SMILES string of the molecule is N#Cc1cc(OCC(F)(F)F)c(O[C@H]2CN(S(=O)c3ccc(C(F)(F)F)nc3)CC2(O)CO)cc1F. The molecule has 0 radical (unpaired) electrons. The molecule has 36 heavy (non-hydrogen) atoms. The summed E-state index contributed by atoms with van der Waals surface area (Å²) in [6, 6.07) is 4.14. The molecule has 3 rings (SSSR count). The Bertz CT molecular complexity index is 1170. The van der Waals surface area contributed by atoms with Crippen LogP contribution in [0.15, 0.2) is 35.4 Å². The van der Waals surface area contributed by atoms with E-state index in [1.54, 1.807) is 0 Å². The Labute approximate surface area is 201 Å². The Kier molecular flexibility index (Phi) is 7.79. The van der Waals surface area contributed by atoms with Gasteiger partial charge in [-0.15, -0.1) is 0 Å². The number of aromatic nitrogens is 1. The van der Waals surface area contributed by atoms with Gasteiger partial charge in [-0.1, -0.05) is 0 Å². The number of halogens is 7. The summed E-state index contributed by atoms with van der Waals surface area (Å²) in [5, 5.41) is 29.4. The Morgan fingerprint density at radius 1 is 1.22 bits per heavy atom. The van der Waals surface area contributed by atoms with Gasteiger partial charge in [-0.25, -0.2) is 12.9 Å². The minimum absolute atomic E-state index is 0.178. The molecule has 1 aliphatic heterocycles.